The summed E-state index contributed by atoms with van der Waals surface area (Å²) in [6.45, 7) is 1.13. The van der Waals surface area contributed by atoms with Crippen LogP contribution in [0.4, 0.5) is 23.4 Å². The molecule has 0 fully saturated rings. The molecule has 1 amide bonds. The molecule has 0 bridgehead atoms. The van der Waals surface area contributed by atoms with Gasteiger partial charge in [0.2, 0.25) is 5.91 Å². The first-order valence-corrected chi connectivity index (χ1v) is 8.06. The van der Waals surface area contributed by atoms with Crippen molar-refractivity contribution in [2.45, 2.75) is 25.6 Å². The van der Waals surface area contributed by atoms with Crippen molar-refractivity contribution >= 4 is 22.8 Å². The van der Waals surface area contributed by atoms with Crippen molar-refractivity contribution in [3.05, 3.63) is 30.7 Å². The second kappa shape index (κ2) is 7.02. The summed E-state index contributed by atoms with van der Waals surface area (Å²) < 4.78 is 51.1. The van der Waals surface area contributed by atoms with Crippen LogP contribution in [0.1, 0.15) is 13.8 Å². The summed E-state index contributed by atoms with van der Waals surface area (Å²) in [5.41, 5.74) is -0.474. The van der Waals surface area contributed by atoms with Crippen molar-refractivity contribution in [1.82, 2.24) is 25.3 Å². The topological polar surface area (TPSA) is 110 Å². The standard InChI is InChI=1S/C16H15F4N7O/c1-15(2,14(28)24-6-16(18,19)20)27-13-10(17)5-23-12(26-13)9-4-22-11-8(9)3-21-7-25-11/h3-5,7H,6H2,1-2H3,(H,24,28)(H,21,22,25)(H,23,26,27)/p+1. The van der Waals surface area contributed by atoms with Crippen LogP contribution in [-0.2, 0) is 4.79 Å². The number of aromatic nitrogens is 5. The molecule has 0 unspecified atom stereocenters. The van der Waals surface area contributed by atoms with Crippen molar-refractivity contribution in [2.24, 2.45) is 0 Å². The maximum atomic E-state index is 14.2. The van der Waals surface area contributed by atoms with Crippen LogP contribution in [0, 0.1) is 5.82 Å². The number of aromatic amines is 2. The Kier molecular flexibility index (Phi) is 4.87. The van der Waals surface area contributed by atoms with Crippen LogP contribution in [0.25, 0.3) is 22.4 Å². The van der Waals surface area contributed by atoms with Gasteiger partial charge in [-0.25, -0.2) is 19.3 Å². The molecule has 8 nitrogen and oxygen atoms in total. The van der Waals surface area contributed by atoms with Crippen LogP contribution in [0.3, 0.4) is 0 Å². The fourth-order valence-corrected chi connectivity index (χ4v) is 2.42. The predicted octanol–water partition coefficient (Wildman–Crippen LogP) is 1.84. The number of carbonyl (C=O) groups is 1. The number of amides is 1. The quantitative estimate of drug-likeness (QED) is 0.568. The molecule has 0 aliphatic rings. The number of nitrogens with zero attached hydrogens (tertiary/aromatic N) is 3. The number of anilines is 1. The first kappa shape index (κ1) is 19.5. The highest BCUT2D eigenvalue weighted by molar-refractivity contribution is 5.91. The van der Waals surface area contributed by atoms with Crippen molar-refractivity contribution in [2.75, 3.05) is 11.9 Å². The summed E-state index contributed by atoms with van der Waals surface area (Å²) >= 11 is 0. The van der Waals surface area contributed by atoms with E-state index in [4.69, 9.17) is 0 Å². The third kappa shape index (κ3) is 4.15. The average molecular weight is 398 g/mol. The maximum absolute atomic E-state index is 14.2. The fraction of sp³-hybridized carbons (Fsp3) is 0.312. The first-order valence-electron chi connectivity index (χ1n) is 8.06. The van der Waals surface area contributed by atoms with Gasteiger partial charge in [-0.15, -0.1) is 0 Å². The number of carbonyl (C=O) groups excluding carboxylic acids is 1. The zero-order valence-corrected chi connectivity index (χ0v) is 14.8. The highest BCUT2D eigenvalue weighted by atomic mass is 19.4. The molecule has 0 saturated carbocycles. The molecular weight excluding hydrogens is 382 g/mol. The Balaban J connectivity index is 1.86. The van der Waals surface area contributed by atoms with Crippen molar-refractivity contribution in [3.63, 3.8) is 0 Å². The van der Waals surface area contributed by atoms with Gasteiger partial charge in [0.1, 0.15) is 18.3 Å². The maximum Gasteiger partial charge on any atom is 0.405 e. The Hall–Kier alpha value is -3.31. The zero-order chi connectivity index (χ0) is 20.5. The van der Waals surface area contributed by atoms with Crippen LogP contribution in [-0.4, -0.2) is 44.1 Å². The Labute approximate surface area is 155 Å². The van der Waals surface area contributed by atoms with Crippen molar-refractivity contribution in [3.8, 4) is 11.4 Å². The van der Waals surface area contributed by atoms with E-state index in [0.29, 0.717) is 16.6 Å². The number of rotatable bonds is 5. The van der Waals surface area contributed by atoms with E-state index in [2.05, 4.69) is 30.2 Å². The monoisotopic (exact) mass is 398 g/mol. The molecule has 12 heteroatoms. The Morgan fingerprint density at radius 1 is 1.29 bits per heavy atom. The van der Waals surface area contributed by atoms with Gasteiger partial charge in [0.05, 0.1) is 17.1 Å². The molecule has 0 atom stereocenters. The summed E-state index contributed by atoms with van der Waals surface area (Å²) in [5.74, 6) is -2.00. The number of H-pyrrole nitrogens is 2. The van der Waals surface area contributed by atoms with E-state index in [1.165, 1.54) is 20.2 Å². The van der Waals surface area contributed by atoms with Crippen molar-refractivity contribution < 1.29 is 27.3 Å². The molecule has 0 aliphatic carbocycles. The van der Waals surface area contributed by atoms with Gasteiger partial charge < -0.3 is 15.6 Å². The van der Waals surface area contributed by atoms with Gasteiger partial charge in [0.15, 0.2) is 17.5 Å². The molecule has 0 spiro atoms. The van der Waals surface area contributed by atoms with Gasteiger partial charge in [-0.05, 0) is 18.8 Å². The minimum absolute atomic E-state index is 0.142. The smallest absolute Gasteiger partial charge is 0.354 e. The lowest BCUT2D eigenvalue weighted by molar-refractivity contribution is -0.380. The van der Waals surface area contributed by atoms with E-state index < -0.39 is 30.0 Å². The summed E-state index contributed by atoms with van der Waals surface area (Å²) in [6.07, 6.45) is 1.07. The minimum atomic E-state index is -4.56. The van der Waals surface area contributed by atoms with E-state index in [0.717, 1.165) is 6.20 Å². The largest absolute Gasteiger partial charge is 0.405 e. The number of fused-ring (bicyclic) bond motifs is 1. The molecule has 28 heavy (non-hydrogen) atoms. The molecule has 3 rings (SSSR count). The molecule has 148 valence electrons. The minimum Gasteiger partial charge on any atom is -0.354 e. The summed E-state index contributed by atoms with van der Waals surface area (Å²) in [4.78, 5) is 29.9. The molecular formula is C16H16F4N7O+. The van der Waals surface area contributed by atoms with Gasteiger partial charge in [-0.3, -0.25) is 4.79 Å². The van der Waals surface area contributed by atoms with E-state index >= 15 is 0 Å². The lowest BCUT2D eigenvalue weighted by Crippen LogP contribution is -2.50. The Bertz CT molecular complexity index is 1020. The lowest BCUT2D eigenvalue weighted by Gasteiger charge is -2.26. The Morgan fingerprint density at radius 2 is 2.04 bits per heavy atom. The van der Waals surface area contributed by atoms with Gasteiger partial charge in [-0.1, -0.05) is 0 Å². The fourth-order valence-electron chi connectivity index (χ4n) is 2.42. The number of halogens is 4. The molecule has 3 heterocycles. The van der Waals surface area contributed by atoms with E-state index in [1.54, 1.807) is 17.7 Å². The van der Waals surface area contributed by atoms with Crippen molar-refractivity contribution in [1.29, 1.82) is 0 Å². The third-order valence-corrected chi connectivity index (χ3v) is 3.83. The lowest BCUT2D eigenvalue weighted by atomic mass is 10.0. The molecule has 0 aromatic carbocycles. The molecule has 3 aromatic heterocycles. The highest BCUT2D eigenvalue weighted by Gasteiger charge is 2.34. The molecule has 0 radical (unpaired) electrons. The summed E-state index contributed by atoms with van der Waals surface area (Å²) in [6, 6.07) is 0. The van der Waals surface area contributed by atoms with Gasteiger partial charge >= 0.3 is 6.18 Å². The number of hydrogen-bond donors (Lipinski definition) is 3. The Morgan fingerprint density at radius 3 is 2.75 bits per heavy atom. The van der Waals surface area contributed by atoms with Crippen LogP contribution in [0.15, 0.2) is 24.9 Å². The zero-order valence-electron chi connectivity index (χ0n) is 14.8. The van der Waals surface area contributed by atoms with Crippen LogP contribution in [0.5, 0.6) is 0 Å². The SMILES string of the molecule is CC(C)(Nc1nc(-c2c[nH]c3nc[nH+]cc23)ncc1F)C(=O)NCC(F)(F)F. The average Bonchev–Trinajstić information content (AvgIpc) is 3.05. The van der Waals surface area contributed by atoms with E-state index in [-0.39, 0.29) is 11.6 Å². The van der Waals surface area contributed by atoms with Gasteiger partial charge in [0.25, 0.3) is 12.0 Å². The van der Waals surface area contributed by atoms with Gasteiger partial charge in [0, 0.05) is 6.20 Å². The number of nitrogens with one attached hydrogen (secondary N) is 4. The molecule has 0 saturated heterocycles. The third-order valence-electron chi connectivity index (χ3n) is 3.83. The van der Waals surface area contributed by atoms with Gasteiger partial charge in [-0.2, -0.15) is 13.2 Å². The predicted molar refractivity (Wildman–Crippen MR) is 90.4 cm³/mol. The number of alkyl halides is 3. The summed E-state index contributed by atoms with van der Waals surface area (Å²) in [5, 5.41) is 4.95. The molecule has 4 N–H and O–H groups in total. The normalized spacial score (nSPS) is 12.2. The second-order valence-electron chi connectivity index (χ2n) is 6.47. The summed E-state index contributed by atoms with van der Waals surface area (Å²) in [7, 11) is 0. The highest BCUT2D eigenvalue weighted by Crippen LogP contribution is 2.26. The molecule has 0 aliphatic heterocycles. The van der Waals surface area contributed by atoms with Crippen LogP contribution >= 0.6 is 0 Å². The van der Waals surface area contributed by atoms with Crippen LogP contribution in [0.2, 0.25) is 0 Å². The second-order valence-corrected chi connectivity index (χ2v) is 6.47. The molecule has 3 aromatic rings. The van der Waals surface area contributed by atoms with E-state index in [9.17, 15) is 22.4 Å². The first-order chi connectivity index (χ1) is 13.1. The van der Waals surface area contributed by atoms with E-state index in [1.807, 2.05) is 0 Å². The number of hydrogen-bond acceptors (Lipinski definition) is 5. The van der Waals surface area contributed by atoms with Crippen LogP contribution < -0.4 is 15.6 Å².